The molecule has 4 atom stereocenters. The summed E-state index contributed by atoms with van der Waals surface area (Å²) in [5, 5.41) is 56.8. The number of carbonyl (C=O) groups is 1. The van der Waals surface area contributed by atoms with E-state index in [9.17, 15) is 19.4 Å². The van der Waals surface area contributed by atoms with Crippen LogP contribution in [0.4, 0.5) is 10.1 Å². The van der Waals surface area contributed by atoms with Crippen molar-refractivity contribution in [2.24, 2.45) is 5.41 Å². The molecule has 0 radical (unpaired) electrons. The summed E-state index contributed by atoms with van der Waals surface area (Å²) in [6.07, 6.45) is -1.24. The van der Waals surface area contributed by atoms with E-state index in [-0.39, 0.29) is 17.5 Å². The van der Waals surface area contributed by atoms with E-state index in [4.69, 9.17) is 20.4 Å². The van der Waals surface area contributed by atoms with Crippen molar-refractivity contribution in [2.75, 3.05) is 31.6 Å². The van der Waals surface area contributed by atoms with E-state index in [1.165, 1.54) is 30.5 Å². The van der Waals surface area contributed by atoms with Crippen molar-refractivity contribution in [1.82, 2.24) is 5.32 Å². The monoisotopic (exact) mass is 680 g/mol. The van der Waals surface area contributed by atoms with Crippen LogP contribution in [-0.2, 0) is 13.0 Å². The van der Waals surface area contributed by atoms with Gasteiger partial charge in [0.25, 0.3) is 0 Å². The van der Waals surface area contributed by atoms with Gasteiger partial charge in [-0.2, -0.15) is 0 Å². The number of benzene rings is 3. The molecule has 3 aromatic carbocycles. The number of rotatable bonds is 15. The van der Waals surface area contributed by atoms with Crippen molar-refractivity contribution >= 4 is 11.7 Å². The first-order chi connectivity index (χ1) is 23.2. The van der Waals surface area contributed by atoms with Crippen LogP contribution in [0.25, 0.3) is 0 Å². The molecule has 268 valence electrons. The Morgan fingerprint density at radius 3 is 1.92 bits per heavy atom. The fraction of sp³-hybridized carbons (Fsp3) is 0.462. The molecule has 3 rings (SSSR count). The smallest absolute Gasteiger partial charge is 0.338 e. The molecule has 0 unspecified atom stereocenters. The number of carboxylic acid groups (broad SMARTS) is 1. The molecular formula is C39H53FN2O7. The van der Waals surface area contributed by atoms with E-state index >= 15 is 0 Å². The summed E-state index contributed by atoms with van der Waals surface area (Å²) >= 11 is 0. The third kappa shape index (κ3) is 14.7. The summed E-state index contributed by atoms with van der Waals surface area (Å²) in [5.41, 5.74) is 4.86. The first kappa shape index (κ1) is 41.4. The maximum atomic E-state index is 14.0. The lowest BCUT2D eigenvalue weighted by atomic mass is 9.92. The number of aliphatic hydroxyl groups is 5. The third-order valence-corrected chi connectivity index (χ3v) is 7.87. The third-order valence-electron chi connectivity index (χ3n) is 7.87. The number of carboxylic acids is 1. The topological polar surface area (TPSA) is 154 Å². The van der Waals surface area contributed by atoms with Crippen LogP contribution >= 0.6 is 0 Å². The highest BCUT2D eigenvalue weighted by Gasteiger charge is 2.29. The average molecular weight is 681 g/mol. The number of likely N-dealkylation sites (N-methyl/N-ethyl adjacent to an activating group) is 1. The zero-order valence-corrected chi connectivity index (χ0v) is 29.2. The van der Waals surface area contributed by atoms with Crippen molar-refractivity contribution in [3.8, 4) is 11.8 Å². The van der Waals surface area contributed by atoms with Crippen LogP contribution in [0.1, 0.15) is 79.6 Å². The Bertz CT molecular complexity index is 1480. The number of hydrogen-bond acceptors (Lipinski definition) is 8. The number of aliphatic hydroxyl groups excluding tert-OH is 5. The molecule has 3 aromatic rings. The predicted molar refractivity (Wildman–Crippen MR) is 191 cm³/mol. The van der Waals surface area contributed by atoms with Crippen molar-refractivity contribution in [3.63, 3.8) is 0 Å². The van der Waals surface area contributed by atoms with Gasteiger partial charge in [-0.3, -0.25) is 0 Å². The fourth-order valence-electron chi connectivity index (χ4n) is 4.73. The lowest BCUT2D eigenvalue weighted by Gasteiger charge is -2.29. The van der Waals surface area contributed by atoms with Gasteiger partial charge in [-0.1, -0.05) is 70.2 Å². The number of aromatic carboxylic acids is 1. The second kappa shape index (κ2) is 20.6. The van der Waals surface area contributed by atoms with E-state index in [1.54, 1.807) is 13.1 Å². The normalized spacial score (nSPS) is 13.6. The van der Waals surface area contributed by atoms with Crippen LogP contribution in [-0.4, -0.2) is 87.8 Å². The predicted octanol–water partition coefficient (Wildman–Crippen LogP) is 4.35. The van der Waals surface area contributed by atoms with Gasteiger partial charge in [0.1, 0.15) is 24.1 Å². The lowest BCUT2D eigenvalue weighted by molar-refractivity contribution is -0.113. The second-order valence-corrected chi connectivity index (χ2v) is 13.3. The molecule has 0 saturated carbocycles. The van der Waals surface area contributed by atoms with E-state index < -0.39 is 42.8 Å². The molecule has 0 aromatic heterocycles. The van der Waals surface area contributed by atoms with E-state index in [0.29, 0.717) is 12.2 Å². The summed E-state index contributed by atoms with van der Waals surface area (Å²) in [6.45, 7) is 9.46. The van der Waals surface area contributed by atoms with Crippen LogP contribution in [0.5, 0.6) is 0 Å². The molecule has 7 N–H and O–H groups in total. The molecule has 0 amide bonds. The Morgan fingerprint density at radius 2 is 1.43 bits per heavy atom. The average Bonchev–Trinajstić information content (AvgIpc) is 3.08. The lowest BCUT2D eigenvalue weighted by Crippen LogP contribution is -2.48. The first-order valence-electron chi connectivity index (χ1n) is 16.6. The minimum absolute atomic E-state index is 0.0936. The first-order valence-corrected chi connectivity index (χ1v) is 16.6. The molecular weight excluding hydrogens is 627 g/mol. The van der Waals surface area contributed by atoms with Crippen LogP contribution in [0.3, 0.4) is 0 Å². The molecule has 0 aliphatic heterocycles. The van der Waals surface area contributed by atoms with Crippen LogP contribution in [0, 0.1) is 23.1 Å². The Kier molecular flexibility index (Phi) is 17.4. The van der Waals surface area contributed by atoms with Crippen molar-refractivity contribution in [1.29, 1.82) is 0 Å². The zero-order chi connectivity index (χ0) is 36.6. The summed E-state index contributed by atoms with van der Waals surface area (Å²) in [4.78, 5) is 13.6. The Morgan fingerprint density at radius 1 is 0.878 bits per heavy atom. The van der Waals surface area contributed by atoms with Crippen LogP contribution < -0.4 is 10.2 Å². The van der Waals surface area contributed by atoms with Crippen molar-refractivity contribution in [2.45, 2.75) is 84.3 Å². The van der Waals surface area contributed by atoms with Gasteiger partial charge in [-0.05, 0) is 85.3 Å². The van der Waals surface area contributed by atoms with Gasteiger partial charge in [0, 0.05) is 36.4 Å². The van der Waals surface area contributed by atoms with Gasteiger partial charge in [-0.15, -0.1) is 0 Å². The number of unbranched alkanes of at least 4 members (excludes halogenated alkanes) is 1. The van der Waals surface area contributed by atoms with Gasteiger partial charge < -0.3 is 40.9 Å². The Hall–Kier alpha value is -3.82. The van der Waals surface area contributed by atoms with Crippen molar-refractivity contribution in [3.05, 3.63) is 100 Å². The van der Waals surface area contributed by atoms with Gasteiger partial charge >= 0.3 is 5.97 Å². The largest absolute Gasteiger partial charge is 0.478 e. The second-order valence-electron chi connectivity index (χ2n) is 13.3. The molecule has 0 heterocycles. The summed E-state index contributed by atoms with van der Waals surface area (Å²) in [5.74, 6) is 4.49. The number of halogens is 1. The fourth-order valence-corrected chi connectivity index (χ4v) is 4.73. The molecule has 10 heteroatoms. The van der Waals surface area contributed by atoms with Crippen molar-refractivity contribution < 1.29 is 39.8 Å². The minimum atomic E-state index is -1.55. The van der Waals surface area contributed by atoms with Gasteiger partial charge in [0.2, 0.25) is 0 Å². The zero-order valence-electron chi connectivity index (χ0n) is 29.2. The molecule has 49 heavy (non-hydrogen) atoms. The molecule has 0 aliphatic carbocycles. The van der Waals surface area contributed by atoms with E-state index in [2.05, 4.69) is 74.0 Å². The number of aryl methyl sites for hydroxylation is 1. The summed E-state index contributed by atoms with van der Waals surface area (Å²) in [7, 11) is 1.57. The molecule has 0 spiro atoms. The minimum Gasteiger partial charge on any atom is -0.478 e. The number of nitrogens with one attached hydrogen (secondary N) is 1. The maximum Gasteiger partial charge on any atom is 0.338 e. The number of anilines is 1. The molecule has 9 nitrogen and oxygen atoms in total. The van der Waals surface area contributed by atoms with Gasteiger partial charge in [-0.25, -0.2) is 9.18 Å². The summed E-state index contributed by atoms with van der Waals surface area (Å²) in [6, 6.07) is 20.9. The number of nitrogens with zero attached hydrogens (tertiary/aromatic N) is 1. The highest BCUT2D eigenvalue weighted by molar-refractivity contribution is 5.89. The Balaban J connectivity index is 0.000000543. The van der Waals surface area contributed by atoms with Crippen LogP contribution in [0.2, 0.25) is 0 Å². The SMILES string of the molecule is CCCCc1ccc(C#Cc2ccc(CN(CCC(C)(C)C)c3ccc(F)c(C(=O)O)c3)cc2)cc1.CNC[C@H](O)[C@@H](O)[C@H](O)[C@H](O)CO. The number of hydrogen-bond donors (Lipinski definition) is 7. The van der Waals surface area contributed by atoms with E-state index in [1.807, 2.05) is 24.3 Å². The summed E-state index contributed by atoms with van der Waals surface area (Å²) < 4.78 is 14.0. The van der Waals surface area contributed by atoms with Crippen LogP contribution in [0.15, 0.2) is 66.7 Å². The van der Waals surface area contributed by atoms with Gasteiger partial charge in [0.05, 0.1) is 18.3 Å². The molecule has 0 bridgehead atoms. The standard InChI is InChI=1S/C32H36FNO2.C7H17NO5/c1-5-6-7-24-8-10-25(11-9-24)12-13-26-14-16-27(17-15-26)23-34(21-20-32(2,3)4)28-18-19-30(33)29(22-28)31(35)36;1-8-2-4(10)6(12)7(13)5(11)3-9/h8-11,14-19,22H,5-7,20-21,23H2,1-4H3,(H,35,36);4-13H,2-3H2,1H3/t;4-,5+,6+,7+/m.0/s1. The maximum absolute atomic E-state index is 14.0. The quantitative estimate of drug-likeness (QED) is 0.116. The molecule has 0 fully saturated rings. The molecule has 0 aliphatic rings. The Labute approximate surface area is 290 Å². The highest BCUT2D eigenvalue weighted by Crippen LogP contribution is 2.25. The van der Waals surface area contributed by atoms with E-state index in [0.717, 1.165) is 36.1 Å². The van der Waals surface area contributed by atoms with Gasteiger partial charge in [0.15, 0.2) is 0 Å². The molecule has 0 saturated heterocycles. The highest BCUT2D eigenvalue weighted by atomic mass is 19.1.